The predicted octanol–water partition coefficient (Wildman–Crippen LogP) is 0.455. The van der Waals surface area contributed by atoms with Crippen molar-refractivity contribution in [3.05, 3.63) is 24.2 Å². The molecule has 2 rings (SSSR count). The summed E-state index contributed by atoms with van der Waals surface area (Å²) in [6.07, 6.45) is 2.23. The molecule has 0 aromatic carbocycles. The van der Waals surface area contributed by atoms with Crippen LogP contribution in [0, 0.1) is 6.92 Å². The highest BCUT2D eigenvalue weighted by molar-refractivity contribution is 7.92. The van der Waals surface area contributed by atoms with Crippen LogP contribution < -0.4 is 4.72 Å². The van der Waals surface area contributed by atoms with E-state index in [1.807, 2.05) is 0 Å². The first-order valence-electron chi connectivity index (χ1n) is 5.57. The number of hydrogen-bond donors (Lipinski definition) is 2. The molecule has 9 nitrogen and oxygen atoms in total. The summed E-state index contributed by atoms with van der Waals surface area (Å²) in [6.45, 7) is 1.75. The number of aryl methyl sites for hydroxylation is 2. The van der Waals surface area contributed by atoms with E-state index in [-0.39, 0.29) is 23.7 Å². The standard InChI is InChI=1S/C10H12N4O5S/c1-7-4-9(19-12-7)13-20(17,18)8-5-11-14(6-8)3-2-10(15)16/h4-6,13H,2-3H2,1H3,(H,15,16). The zero-order valence-corrected chi connectivity index (χ0v) is 11.3. The summed E-state index contributed by atoms with van der Waals surface area (Å²) in [7, 11) is -3.83. The van der Waals surface area contributed by atoms with Crippen LogP contribution in [-0.2, 0) is 21.4 Å². The van der Waals surface area contributed by atoms with Gasteiger partial charge in [-0.1, -0.05) is 5.16 Å². The topological polar surface area (TPSA) is 127 Å². The van der Waals surface area contributed by atoms with Gasteiger partial charge in [0.1, 0.15) is 4.90 Å². The number of sulfonamides is 1. The molecule has 108 valence electrons. The van der Waals surface area contributed by atoms with E-state index in [9.17, 15) is 13.2 Å². The normalized spacial score (nSPS) is 11.4. The smallest absolute Gasteiger partial charge is 0.305 e. The van der Waals surface area contributed by atoms with E-state index < -0.39 is 16.0 Å². The zero-order valence-electron chi connectivity index (χ0n) is 10.5. The lowest BCUT2D eigenvalue weighted by atomic mass is 10.4. The van der Waals surface area contributed by atoms with Gasteiger partial charge in [-0.05, 0) is 6.92 Å². The lowest BCUT2D eigenvalue weighted by Gasteiger charge is -2.01. The first kappa shape index (κ1) is 14.1. The van der Waals surface area contributed by atoms with Gasteiger partial charge < -0.3 is 9.63 Å². The second kappa shape index (κ2) is 5.33. The highest BCUT2D eigenvalue weighted by atomic mass is 32.2. The Hall–Kier alpha value is -2.36. The van der Waals surface area contributed by atoms with Crippen molar-refractivity contribution in [2.24, 2.45) is 0 Å². The molecule has 10 heteroatoms. The summed E-state index contributed by atoms with van der Waals surface area (Å²) in [5.41, 5.74) is 0.542. The molecule has 20 heavy (non-hydrogen) atoms. The Kier molecular flexibility index (Phi) is 3.74. The van der Waals surface area contributed by atoms with E-state index in [1.54, 1.807) is 6.92 Å². The van der Waals surface area contributed by atoms with Crippen molar-refractivity contribution in [3.63, 3.8) is 0 Å². The minimum absolute atomic E-state index is 0.000728. The monoisotopic (exact) mass is 300 g/mol. The summed E-state index contributed by atoms with van der Waals surface area (Å²) < 4.78 is 32.2. The molecule has 0 unspecified atom stereocenters. The van der Waals surface area contributed by atoms with Gasteiger partial charge >= 0.3 is 5.97 Å². The molecular weight excluding hydrogens is 288 g/mol. The summed E-state index contributed by atoms with van der Waals surface area (Å²) in [4.78, 5) is 10.3. The molecule has 0 spiro atoms. The number of carboxylic acids is 1. The van der Waals surface area contributed by atoms with Crippen LogP contribution in [-0.4, -0.2) is 34.4 Å². The van der Waals surface area contributed by atoms with Gasteiger partial charge in [-0.2, -0.15) is 5.10 Å². The quantitative estimate of drug-likeness (QED) is 0.792. The van der Waals surface area contributed by atoms with Crippen molar-refractivity contribution in [3.8, 4) is 0 Å². The molecular formula is C10H12N4O5S. The molecule has 0 bridgehead atoms. The third-order valence-corrected chi connectivity index (χ3v) is 3.64. The van der Waals surface area contributed by atoms with E-state index in [4.69, 9.17) is 9.63 Å². The van der Waals surface area contributed by atoms with Crippen molar-refractivity contribution in [2.45, 2.75) is 24.8 Å². The SMILES string of the molecule is Cc1cc(NS(=O)(=O)c2cnn(CCC(=O)O)c2)on1. The largest absolute Gasteiger partial charge is 0.481 e. The summed E-state index contributed by atoms with van der Waals surface area (Å²) >= 11 is 0. The molecule has 0 aliphatic rings. The molecule has 0 atom stereocenters. The maximum atomic E-state index is 12.0. The average molecular weight is 300 g/mol. The maximum absolute atomic E-state index is 12.0. The Bertz CT molecular complexity index is 718. The number of aromatic nitrogens is 3. The van der Waals surface area contributed by atoms with Gasteiger partial charge in [-0.3, -0.25) is 9.48 Å². The number of hydrogen-bond acceptors (Lipinski definition) is 6. The van der Waals surface area contributed by atoms with Crippen LogP contribution in [0.25, 0.3) is 0 Å². The van der Waals surface area contributed by atoms with Crippen molar-refractivity contribution in [1.82, 2.24) is 14.9 Å². The molecule has 2 aromatic rings. The van der Waals surface area contributed by atoms with Gasteiger partial charge in [0.2, 0.25) is 5.88 Å². The minimum Gasteiger partial charge on any atom is -0.481 e. The highest BCUT2D eigenvalue weighted by Gasteiger charge is 2.18. The van der Waals surface area contributed by atoms with E-state index in [0.29, 0.717) is 5.69 Å². The number of nitrogens with one attached hydrogen (secondary N) is 1. The summed E-state index contributed by atoms with van der Waals surface area (Å²) in [5, 5.41) is 15.9. The molecule has 2 heterocycles. The van der Waals surface area contributed by atoms with Crippen LogP contribution in [0.3, 0.4) is 0 Å². The van der Waals surface area contributed by atoms with Crippen LogP contribution in [0.1, 0.15) is 12.1 Å². The third kappa shape index (κ3) is 3.35. The Morgan fingerprint density at radius 2 is 2.30 bits per heavy atom. The molecule has 0 radical (unpaired) electrons. The molecule has 0 fully saturated rings. The molecule has 0 saturated carbocycles. The Balaban J connectivity index is 2.11. The third-order valence-electron chi connectivity index (χ3n) is 2.34. The molecule has 0 aliphatic carbocycles. The molecule has 2 N–H and O–H groups in total. The van der Waals surface area contributed by atoms with Gasteiger partial charge in [-0.15, -0.1) is 0 Å². The summed E-state index contributed by atoms with van der Waals surface area (Å²) in [6, 6.07) is 1.44. The van der Waals surface area contributed by atoms with Crippen LogP contribution in [0.2, 0.25) is 0 Å². The lowest BCUT2D eigenvalue weighted by Crippen LogP contribution is -2.12. The number of anilines is 1. The highest BCUT2D eigenvalue weighted by Crippen LogP contribution is 2.16. The Morgan fingerprint density at radius 1 is 1.55 bits per heavy atom. The molecule has 0 saturated heterocycles. The number of nitrogens with zero attached hydrogens (tertiary/aromatic N) is 3. The lowest BCUT2D eigenvalue weighted by molar-refractivity contribution is -0.137. The van der Waals surface area contributed by atoms with Crippen LogP contribution in [0.5, 0.6) is 0 Å². The van der Waals surface area contributed by atoms with E-state index in [0.717, 1.165) is 6.20 Å². The second-order valence-electron chi connectivity index (χ2n) is 4.02. The van der Waals surface area contributed by atoms with Crippen LogP contribution in [0.4, 0.5) is 5.88 Å². The number of aliphatic carboxylic acids is 1. The Morgan fingerprint density at radius 3 is 2.90 bits per heavy atom. The molecule has 0 aliphatic heterocycles. The van der Waals surface area contributed by atoms with Gasteiger partial charge in [0.25, 0.3) is 10.0 Å². The van der Waals surface area contributed by atoms with Crippen molar-refractivity contribution >= 4 is 21.9 Å². The Labute approximate surface area is 114 Å². The second-order valence-corrected chi connectivity index (χ2v) is 5.70. The maximum Gasteiger partial charge on any atom is 0.305 e. The van der Waals surface area contributed by atoms with E-state index >= 15 is 0 Å². The fourth-order valence-corrected chi connectivity index (χ4v) is 2.34. The minimum atomic E-state index is -3.83. The zero-order chi connectivity index (χ0) is 14.8. The van der Waals surface area contributed by atoms with Crippen molar-refractivity contribution in [2.75, 3.05) is 4.72 Å². The van der Waals surface area contributed by atoms with Crippen LogP contribution >= 0.6 is 0 Å². The van der Waals surface area contributed by atoms with E-state index in [2.05, 4.69) is 15.0 Å². The number of carboxylic acid groups (broad SMARTS) is 1. The van der Waals surface area contributed by atoms with Gasteiger partial charge in [0.15, 0.2) is 0 Å². The van der Waals surface area contributed by atoms with Crippen LogP contribution in [0.15, 0.2) is 27.9 Å². The van der Waals surface area contributed by atoms with Crippen molar-refractivity contribution < 1.29 is 22.8 Å². The average Bonchev–Trinajstić information content (AvgIpc) is 2.95. The van der Waals surface area contributed by atoms with Crippen molar-refractivity contribution in [1.29, 1.82) is 0 Å². The first-order valence-corrected chi connectivity index (χ1v) is 7.05. The first-order chi connectivity index (χ1) is 9.37. The summed E-state index contributed by atoms with van der Waals surface area (Å²) in [5.74, 6) is -0.985. The fourth-order valence-electron chi connectivity index (χ4n) is 1.42. The van der Waals surface area contributed by atoms with E-state index in [1.165, 1.54) is 16.9 Å². The van der Waals surface area contributed by atoms with Gasteiger partial charge in [0, 0.05) is 12.3 Å². The molecule has 0 amide bonds. The molecule has 2 aromatic heterocycles. The predicted molar refractivity (Wildman–Crippen MR) is 66.5 cm³/mol. The van der Waals surface area contributed by atoms with Gasteiger partial charge in [-0.25, -0.2) is 13.1 Å². The fraction of sp³-hybridized carbons (Fsp3) is 0.300. The number of carbonyl (C=O) groups is 1. The van der Waals surface area contributed by atoms with Gasteiger partial charge in [0.05, 0.1) is 24.9 Å². The number of rotatable bonds is 6.